The monoisotopic (exact) mass is 405 g/mol. The second kappa shape index (κ2) is 8.17. The lowest BCUT2D eigenvalue weighted by molar-refractivity contribution is -0.137. The van der Waals surface area contributed by atoms with Crippen LogP contribution in [0.5, 0.6) is 0 Å². The Kier molecular flexibility index (Phi) is 6.56. The van der Waals surface area contributed by atoms with Gasteiger partial charge in [-0.25, -0.2) is 9.67 Å². The number of rotatable bonds is 8. The van der Waals surface area contributed by atoms with Crippen molar-refractivity contribution >= 4 is 11.8 Å². The lowest BCUT2D eigenvalue weighted by atomic mass is 9.82. The van der Waals surface area contributed by atoms with E-state index < -0.39 is 27.3 Å². The van der Waals surface area contributed by atoms with Gasteiger partial charge in [-0.05, 0) is 31.5 Å². The molecule has 150 valence electrons. The van der Waals surface area contributed by atoms with Gasteiger partial charge in [-0.1, -0.05) is 12.1 Å². The van der Waals surface area contributed by atoms with Crippen LogP contribution >= 0.6 is 11.8 Å². The lowest BCUT2D eigenvalue weighted by Crippen LogP contribution is -2.50. The van der Waals surface area contributed by atoms with Crippen molar-refractivity contribution in [2.75, 3.05) is 13.2 Å². The summed E-state index contributed by atoms with van der Waals surface area (Å²) in [6.07, 6.45) is -1.80. The topological polar surface area (TPSA) is 91.4 Å². The van der Waals surface area contributed by atoms with Crippen LogP contribution in [-0.4, -0.2) is 53.3 Å². The zero-order valence-corrected chi connectivity index (χ0v) is 15.7. The largest absolute Gasteiger partial charge is 0.416 e. The summed E-state index contributed by atoms with van der Waals surface area (Å²) in [5, 5.41) is 33.8. The molecule has 1 aromatic carbocycles. The van der Waals surface area contributed by atoms with Crippen molar-refractivity contribution in [2.24, 2.45) is 0 Å². The van der Waals surface area contributed by atoms with Crippen LogP contribution in [0.2, 0.25) is 0 Å². The first kappa shape index (κ1) is 21.7. The summed E-state index contributed by atoms with van der Waals surface area (Å²) in [6.45, 7) is 2.71. The van der Waals surface area contributed by atoms with Crippen molar-refractivity contribution in [1.29, 1.82) is 0 Å². The average Bonchev–Trinajstić information content (AvgIpc) is 3.11. The molecule has 2 aromatic rings. The number of aliphatic hydroxyl groups excluding tert-OH is 2. The SMILES string of the molecule is CC(C)(SC(CO)CO)C(O)(Cn1cncn1)c1ccc(C(F)(F)F)cc1. The molecule has 0 aliphatic carbocycles. The van der Waals surface area contributed by atoms with Crippen molar-refractivity contribution in [2.45, 2.75) is 42.2 Å². The first-order chi connectivity index (χ1) is 12.5. The second-order valence-corrected chi connectivity index (χ2v) is 8.57. The highest BCUT2D eigenvalue weighted by molar-refractivity contribution is 8.01. The van der Waals surface area contributed by atoms with E-state index in [0.29, 0.717) is 0 Å². The smallest absolute Gasteiger partial charge is 0.395 e. The fourth-order valence-electron chi connectivity index (χ4n) is 2.76. The summed E-state index contributed by atoms with van der Waals surface area (Å²) in [5.41, 5.74) is -2.21. The molecule has 6 nitrogen and oxygen atoms in total. The zero-order chi connectivity index (χ0) is 20.3. The summed E-state index contributed by atoms with van der Waals surface area (Å²) in [5.74, 6) is 0. The number of aromatic nitrogens is 3. The number of hydrogen-bond acceptors (Lipinski definition) is 6. The Balaban J connectivity index is 2.46. The number of thioether (sulfide) groups is 1. The Hall–Kier alpha value is -1.62. The van der Waals surface area contributed by atoms with Gasteiger partial charge in [0.25, 0.3) is 0 Å². The van der Waals surface area contributed by atoms with Gasteiger partial charge in [-0.3, -0.25) is 0 Å². The molecule has 2 rings (SSSR count). The van der Waals surface area contributed by atoms with Gasteiger partial charge in [0.2, 0.25) is 0 Å². The molecule has 1 atom stereocenters. The number of aliphatic hydroxyl groups is 3. The Bertz CT molecular complexity index is 719. The van der Waals surface area contributed by atoms with E-state index in [1.54, 1.807) is 13.8 Å². The van der Waals surface area contributed by atoms with E-state index in [0.717, 1.165) is 23.9 Å². The molecular formula is C17H22F3N3O3S. The molecule has 0 spiro atoms. The van der Waals surface area contributed by atoms with Crippen LogP contribution in [0.3, 0.4) is 0 Å². The van der Waals surface area contributed by atoms with Gasteiger partial charge in [-0.15, -0.1) is 11.8 Å². The molecule has 27 heavy (non-hydrogen) atoms. The van der Waals surface area contributed by atoms with Crippen LogP contribution in [-0.2, 0) is 18.3 Å². The van der Waals surface area contributed by atoms with Gasteiger partial charge >= 0.3 is 6.18 Å². The summed E-state index contributed by atoms with van der Waals surface area (Å²) >= 11 is 1.15. The normalized spacial score (nSPS) is 15.1. The lowest BCUT2D eigenvalue weighted by Gasteiger charge is -2.44. The van der Waals surface area contributed by atoms with Crippen molar-refractivity contribution in [1.82, 2.24) is 14.8 Å². The first-order valence-electron chi connectivity index (χ1n) is 8.15. The van der Waals surface area contributed by atoms with E-state index in [4.69, 9.17) is 0 Å². The number of alkyl halides is 3. The highest BCUT2D eigenvalue weighted by Gasteiger charge is 2.47. The number of halogens is 3. The molecule has 0 fully saturated rings. The van der Waals surface area contributed by atoms with Gasteiger partial charge in [0.05, 0.1) is 30.6 Å². The molecule has 3 N–H and O–H groups in total. The Morgan fingerprint density at radius 2 is 1.63 bits per heavy atom. The molecular weight excluding hydrogens is 383 g/mol. The van der Waals surface area contributed by atoms with Crippen LogP contribution in [0.1, 0.15) is 25.0 Å². The Morgan fingerprint density at radius 3 is 2.07 bits per heavy atom. The molecule has 10 heteroatoms. The highest BCUT2D eigenvalue weighted by Crippen LogP contribution is 2.45. The maximum Gasteiger partial charge on any atom is 0.416 e. The standard InChI is InChI=1S/C17H22F3N3O3S/c1-15(2,27-14(7-24)8-25)16(26,9-23-11-21-10-22-23)12-3-5-13(6-4-12)17(18,19)20/h3-6,10-11,14,24-26H,7-9H2,1-2H3. The van der Waals surface area contributed by atoms with E-state index >= 15 is 0 Å². The summed E-state index contributed by atoms with van der Waals surface area (Å²) < 4.78 is 39.0. The molecule has 0 radical (unpaired) electrons. The van der Waals surface area contributed by atoms with Gasteiger partial charge in [0.1, 0.15) is 18.3 Å². The maximum atomic E-state index is 12.9. The molecule has 0 amide bonds. The minimum absolute atomic E-state index is 0.0675. The summed E-state index contributed by atoms with van der Waals surface area (Å²) in [6, 6.07) is 4.29. The van der Waals surface area contributed by atoms with Crippen LogP contribution < -0.4 is 0 Å². The van der Waals surface area contributed by atoms with Gasteiger partial charge < -0.3 is 15.3 Å². The van der Waals surface area contributed by atoms with E-state index in [9.17, 15) is 28.5 Å². The van der Waals surface area contributed by atoms with Crippen molar-refractivity contribution < 1.29 is 28.5 Å². The van der Waals surface area contributed by atoms with E-state index in [1.807, 2.05) is 0 Å². The molecule has 1 aromatic heterocycles. The second-order valence-electron chi connectivity index (χ2n) is 6.64. The summed E-state index contributed by atoms with van der Waals surface area (Å²) in [7, 11) is 0. The van der Waals surface area contributed by atoms with Crippen molar-refractivity contribution in [3.63, 3.8) is 0 Å². The minimum atomic E-state index is -4.48. The van der Waals surface area contributed by atoms with Crippen molar-refractivity contribution in [3.8, 4) is 0 Å². The number of hydrogen-bond donors (Lipinski definition) is 3. The third-order valence-electron chi connectivity index (χ3n) is 4.41. The van der Waals surface area contributed by atoms with Crippen LogP contribution in [0.15, 0.2) is 36.9 Å². The molecule has 0 aliphatic rings. The zero-order valence-electron chi connectivity index (χ0n) is 14.9. The first-order valence-corrected chi connectivity index (χ1v) is 9.03. The quantitative estimate of drug-likeness (QED) is 0.623. The Morgan fingerprint density at radius 1 is 1.07 bits per heavy atom. The summed E-state index contributed by atoms with van der Waals surface area (Å²) in [4.78, 5) is 3.83. The third kappa shape index (κ3) is 4.81. The van der Waals surface area contributed by atoms with Gasteiger partial charge in [0, 0.05) is 4.75 Å². The van der Waals surface area contributed by atoms with Gasteiger partial charge in [0.15, 0.2) is 0 Å². The van der Waals surface area contributed by atoms with E-state index in [-0.39, 0.29) is 25.3 Å². The van der Waals surface area contributed by atoms with Crippen molar-refractivity contribution in [3.05, 3.63) is 48.0 Å². The van der Waals surface area contributed by atoms with Crippen LogP contribution in [0, 0.1) is 0 Å². The maximum absolute atomic E-state index is 12.9. The Labute approximate surface area is 159 Å². The van der Waals surface area contributed by atoms with Gasteiger partial charge in [-0.2, -0.15) is 18.3 Å². The fourth-order valence-corrected chi connectivity index (χ4v) is 4.12. The molecule has 0 saturated carbocycles. The minimum Gasteiger partial charge on any atom is -0.395 e. The molecule has 1 unspecified atom stereocenters. The third-order valence-corrected chi connectivity index (χ3v) is 5.97. The van der Waals surface area contributed by atoms with E-state index in [1.165, 1.54) is 29.5 Å². The molecule has 0 aliphatic heterocycles. The molecule has 0 saturated heterocycles. The van der Waals surface area contributed by atoms with Crippen LogP contribution in [0.25, 0.3) is 0 Å². The van der Waals surface area contributed by atoms with E-state index in [2.05, 4.69) is 10.1 Å². The molecule has 0 bridgehead atoms. The highest BCUT2D eigenvalue weighted by atomic mass is 32.2. The van der Waals surface area contributed by atoms with Crippen LogP contribution in [0.4, 0.5) is 13.2 Å². The fraction of sp³-hybridized carbons (Fsp3) is 0.529. The predicted molar refractivity (Wildman–Crippen MR) is 95.0 cm³/mol. The number of benzene rings is 1. The average molecular weight is 405 g/mol. The number of nitrogens with zero attached hydrogens (tertiary/aromatic N) is 3. The predicted octanol–water partition coefficient (Wildman–Crippen LogP) is 2.05. The molecule has 1 heterocycles.